The standard InChI is InChI=1S/C13H17NO4/c1-8-3-4-10(7-9(8)2)12(16)14-6-5-11(15)13(17)18/h3-4,7,11,15H,5-6H2,1-2H3,(H,14,16)(H,17,18)/t11-/m0/s1. The van der Waals surface area contributed by atoms with Crippen molar-refractivity contribution in [3.05, 3.63) is 34.9 Å². The maximum Gasteiger partial charge on any atom is 0.332 e. The predicted octanol–water partition coefficient (Wildman–Crippen LogP) is 0.869. The van der Waals surface area contributed by atoms with Gasteiger partial charge >= 0.3 is 5.97 Å². The number of benzene rings is 1. The Morgan fingerprint density at radius 2 is 1.94 bits per heavy atom. The van der Waals surface area contributed by atoms with Gasteiger partial charge in [-0.25, -0.2) is 4.79 Å². The van der Waals surface area contributed by atoms with E-state index in [2.05, 4.69) is 5.32 Å². The summed E-state index contributed by atoms with van der Waals surface area (Å²) >= 11 is 0. The fraction of sp³-hybridized carbons (Fsp3) is 0.385. The number of carbonyl (C=O) groups is 2. The Bertz CT molecular complexity index is 456. The van der Waals surface area contributed by atoms with E-state index in [9.17, 15) is 9.59 Å². The third kappa shape index (κ3) is 3.85. The smallest absolute Gasteiger partial charge is 0.332 e. The molecule has 18 heavy (non-hydrogen) atoms. The second-order valence-electron chi connectivity index (χ2n) is 4.20. The van der Waals surface area contributed by atoms with Crippen LogP contribution in [-0.2, 0) is 4.79 Å². The van der Waals surface area contributed by atoms with Crippen LogP contribution in [0.2, 0.25) is 0 Å². The fourth-order valence-corrected chi connectivity index (χ4v) is 1.43. The van der Waals surface area contributed by atoms with Gasteiger partial charge in [0.25, 0.3) is 5.91 Å². The molecule has 0 spiro atoms. The van der Waals surface area contributed by atoms with Crippen molar-refractivity contribution in [1.82, 2.24) is 5.32 Å². The molecule has 0 fully saturated rings. The summed E-state index contributed by atoms with van der Waals surface area (Å²) in [4.78, 5) is 22.1. The number of carboxylic acid groups (broad SMARTS) is 1. The van der Waals surface area contributed by atoms with E-state index in [1.807, 2.05) is 19.9 Å². The molecule has 3 N–H and O–H groups in total. The van der Waals surface area contributed by atoms with Gasteiger partial charge in [-0.05, 0) is 37.1 Å². The second-order valence-corrected chi connectivity index (χ2v) is 4.20. The normalized spacial score (nSPS) is 11.9. The van der Waals surface area contributed by atoms with Gasteiger partial charge in [0, 0.05) is 18.5 Å². The van der Waals surface area contributed by atoms with Crippen molar-refractivity contribution < 1.29 is 19.8 Å². The van der Waals surface area contributed by atoms with Crippen LogP contribution < -0.4 is 5.32 Å². The van der Waals surface area contributed by atoms with Gasteiger partial charge in [-0.1, -0.05) is 6.07 Å². The highest BCUT2D eigenvalue weighted by Crippen LogP contribution is 2.09. The maximum absolute atomic E-state index is 11.7. The molecule has 0 aliphatic carbocycles. The molecule has 1 amide bonds. The highest BCUT2D eigenvalue weighted by molar-refractivity contribution is 5.94. The fourth-order valence-electron chi connectivity index (χ4n) is 1.43. The lowest BCUT2D eigenvalue weighted by Crippen LogP contribution is -2.30. The van der Waals surface area contributed by atoms with Crippen LogP contribution in [0.5, 0.6) is 0 Å². The lowest BCUT2D eigenvalue weighted by Gasteiger charge is -2.08. The number of amides is 1. The molecule has 0 aliphatic rings. The molecule has 0 saturated heterocycles. The molecule has 1 aromatic rings. The summed E-state index contributed by atoms with van der Waals surface area (Å²) in [6.45, 7) is 4.00. The molecule has 1 atom stereocenters. The Balaban J connectivity index is 2.50. The Labute approximate surface area is 105 Å². The molecule has 0 aromatic heterocycles. The van der Waals surface area contributed by atoms with E-state index in [1.165, 1.54) is 0 Å². The summed E-state index contributed by atoms with van der Waals surface area (Å²) < 4.78 is 0. The monoisotopic (exact) mass is 251 g/mol. The molecule has 0 heterocycles. The topological polar surface area (TPSA) is 86.6 Å². The van der Waals surface area contributed by atoms with E-state index < -0.39 is 12.1 Å². The number of aliphatic hydroxyl groups is 1. The highest BCUT2D eigenvalue weighted by atomic mass is 16.4. The maximum atomic E-state index is 11.7. The number of hydrogen-bond donors (Lipinski definition) is 3. The Kier molecular flexibility index (Phi) is 4.85. The first-order valence-corrected chi connectivity index (χ1v) is 5.68. The molecular formula is C13H17NO4. The lowest BCUT2D eigenvalue weighted by molar-refractivity contribution is -0.146. The average molecular weight is 251 g/mol. The van der Waals surface area contributed by atoms with Gasteiger partial charge in [-0.15, -0.1) is 0 Å². The van der Waals surface area contributed by atoms with Crippen molar-refractivity contribution in [2.24, 2.45) is 0 Å². The van der Waals surface area contributed by atoms with Gasteiger partial charge in [0.05, 0.1) is 0 Å². The summed E-state index contributed by atoms with van der Waals surface area (Å²) in [5.41, 5.74) is 2.66. The molecule has 0 radical (unpaired) electrons. The van der Waals surface area contributed by atoms with Gasteiger partial charge in [0.15, 0.2) is 6.10 Å². The summed E-state index contributed by atoms with van der Waals surface area (Å²) in [7, 11) is 0. The molecule has 5 heteroatoms. The number of hydrogen-bond acceptors (Lipinski definition) is 3. The van der Waals surface area contributed by atoms with Crippen LogP contribution in [-0.4, -0.2) is 34.7 Å². The molecule has 1 aromatic carbocycles. The molecule has 0 aliphatic heterocycles. The minimum Gasteiger partial charge on any atom is -0.479 e. The number of rotatable bonds is 5. The van der Waals surface area contributed by atoms with E-state index in [4.69, 9.17) is 10.2 Å². The third-order valence-corrected chi connectivity index (χ3v) is 2.76. The van der Waals surface area contributed by atoms with Crippen molar-refractivity contribution in [2.75, 3.05) is 6.54 Å². The second kappa shape index (κ2) is 6.16. The molecule has 1 rings (SSSR count). The Morgan fingerprint density at radius 1 is 1.28 bits per heavy atom. The molecule has 0 saturated carbocycles. The van der Waals surface area contributed by atoms with Crippen LogP contribution in [0, 0.1) is 13.8 Å². The highest BCUT2D eigenvalue weighted by Gasteiger charge is 2.13. The van der Waals surface area contributed by atoms with E-state index >= 15 is 0 Å². The quantitative estimate of drug-likeness (QED) is 0.724. The van der Waals surface area contributed by atoms with E-state index in [1.54, 1.807) is 12.1 Å². The minimum atomic E-state index is -1.44. The third-order valence-electron chi connectivity index (χ3n) is 2.76. The van der Waals surface area contributed by atoms with Gasteiger partial charge < -0.3 is 15.5 Å². The zero-order valence-electron chi connectivity index (χ0n) is 10.4. The van der Waals surface area contributed by atoms with Crippen LogP contribution >= 0.6 is 0 Å². The van der Waals surface area contributed by atoms with Crippen molar-refractivity contribution in [1.29, 1.82) is 0 Å². The first kappa shape index (κ1) is 14.2. The van der Waals surface area contributed by atoms with Crippen LogP contribution in [0.3, 0.4) is 0 Å². The van der Waals surface area contributed by atoms with Crippen LogP contribution in [0.25, 0.3) is 0 Å². The van der Waals surface area contributed by atoms with Crippen molar-refractivity contribution in [2.45, 2.75) is 26.4 Å². The Hall–Kier alpha value is -1.88. The summed E-state index contributed by atoms with van der Waals surface area (Å²) in [5, 5.41) is 20.1. The van der Waals surface area contributed by atoms with E-state index in [0.29, 0.717) is 5.56 Å². The summed E-state index contributed by atoms with van der Waals surface area (Å²) in [6, 6.07) is 5.35. The van der Waals surface area contributed by atoms with Gasteiger partial charge in [0.1, 0.15) is 0 Å². The molecule has 98 valence electrons. The molecule has 0 unspecified atom stereocenters. The minimum absolute atomic E-state index is 0.00802. The van der Waals surface area contributed by atoms with Gasteiger partial charge in [-0.2, -0.15) is 0 Å². The van der Waals surface area contributed by atoms with Crippen molar-refractivity contribution in [3.63, 3.8) is 0 Å². The van der Waals surface area contributed by atoms with Crippen LogP contribution in [0.4, 0.5) is 0 Å². The predicted molar refractivity (Wildman–Crippen MR) is 66.5 cm³/mol. The largest absolute Gasteiger partial charge is 0.479 e. The zero-order chi connectivity index (χ0) is 13.7. The molecular weight excluding hydrogens is 234 g/mol. The van der Waals surface area contributed by atoms with Gasteiger partial charge in [0.2, 0.25) is 0 Å². The number of aliphatic carboxylic acids is 1. The van der Waals surface area contributed by atoms with E-state index in [-0.39, 0.29) is 18.9 Å². The number of aliphatic hydroxyl groups excluding tert-OH is 1. The Morgan fingerprint density at radius 3 is 2.50 bits per heavy atom. The van der Waals surface area contributed by atoms with Crippen molar-refractivity contribution >= 4 is 11.9 Å². The number of aryl methyl sites for hydroxylation is 2. The first-order valence-electron chi connectivity index (χ1n) is 5.68. The zero-order valence-corrected chi connectivity index (χ0v) is 10.4. The molecule has 0 bridgehead atoms. The SMILES string of the molecule is Cc1ccc(C(=O)NCC[C@H](O)C(=O)O)cc1C. The number of nitrogens with one attached hydrogen (secondary N) is 1. The summed E-state index contributed by atoms with van der Waals surface area (Å²) in [5.74, 6) is -1.55. The van der Waals surface area contributed by atoms with Crippen molar-refractivity contribution in [3.8, 4) is 0 Å². The summed E-state index contributed by atoms with van der Waals surface area (Å²) in [6.07, 6.45) is -1.45. The number of carbonyl (C=O) groups excluding carboxylic acids is 1. The van der Waals surface area contributed by atoms with Gasteiger partial charge in [-0.3, -0.25) is 4.79 Å². The lowest BCUT2D eigenvalue weighted by atomic mass is 10.1. The number of carboxylic acids is 1. The van der Waals surface area contributed by atoms with Crippen LogP contribution in [0.1, 0.15) is 27.9 Å². The first-order chi connectivity index (χ1) is 8.41. The van der Waals surface area contributed by atoms with E-state index in [0.717, 1.165) is 11.1 Å². The molecule has 5 nitrogen and oxygen atoms in total. The van der Waals surface area contributed by atoms with Crippen LogP contribution in [0.15, 0.2) is 18.2 Å². The average Bonchev–Trinajstić information content (AvgIpc) is 2.32.